The second-order valence-corrected chi connectivity index (χ2v) is 5.79. The molecule has 0 aliphatic rings. The molecule has 0 heterocycles. The van der Waals surface area contributed by atoms with Gasteiger partial charge in [0.2, 0.25) is 17.7 Å². The lowest BCUT2D eigenvalue weighted by Crippen LogP contribution is -2.57. The molecule has 0 aromatic carbocycles. The molecule has 11 nitrogen and oxygen atoms in total. The van der Waals surface area contributed by atoms with Crippen LogP contribution >= 0.6 is 0 Å². The molecule has 6 atom stereocenters. The first-order valence-corrected chi connectivity index (χ1v) is 7.64. The number of nitrogens with one attached hydrogen (secondary N) is 3. The quantitative estimate of drug-likeness (QED) is 0.221. The summed E-state index contributed by atoms with van der Waals surface area (Å²) in [6, 6.07) is -4.89. The fraction of sp³-hybridized carbons (Fsp3) is 0.714. The summed E-state index contributed by atoms with van der Waals surface area (Å²) in [5, 5.41) is 34.1. The molecule has 8 N–H and O–H groups in total. The lowest BCUT2D eigenvalue weighted by molar-refractivity contribution is -0.145. The Morgan fingerprint density at radius 1 is 0.760 bits per heavy atom. The zero-order valence-electron chi connectivity index (χ0n) is 14.5. The van der Waals surface area contributed by atoms with Crippen LogP contribution in [0.2, 0.25) is 0 Å². The number of carboxylic acids is 1. The van der Waals surface area contributed by atoms with Crippen LogP contribution in [0, 0.1) is 0 Å². The summed E-state index contributed by atoms with van der Waals surface area (Å²) in [6.45, 7) is 5.18. The smallest absolute Gasteiger partial charge is 0.328 e. The minimum atomic E-state index is -1.52. The predicted molar refractivity (Wildman–Crippen MR) is 86.1 cm³/mol. The van der Waals surface area contributed by atoms with Crippen LogP contribution < -0.4 is 21.7 Å². The van der Waals surface area contributed by atoms with Crippen molar-refractivity contribution in [2.45, 2.75) is 64.1 Å². The maximum Gasteiger partial charge on any atom is 0.328 e. The summed E-state index contributed by atoms with van der Waals surface area (Å²) >= 11 is 0. The second-order valence-electron chi connectivity index (χ2n) is 5.79. The summed E-state index contributed by atoms with van der Waals surface area (Å²) in [4.78, 5) is 46.5. The van der Waals surface area contributed by atoms with Crippen molar-refractivity contribution in [2.75, 3.05) is 0 Å². The molecule has 0 saturated heterocycles. The third-order valence-electron chi connectivity index (χ3n) is 3.37. The largest absolute Gasteiger partial charge is 0.480 e. The second kappa shape index (κ2) is 9.91. The summed E-state index contributed by atoms with van der Waals surface area (Å²) in [7, 11) is 0. The van der Waals surface area contributed by atoms with E-state index in [9.17, 15) is 29.4 Å². The van der Waals surface area contributed by atoms with Crippen molar-refractivity contribution in [3.63, 3.8) is 0 Å². The van der Waals surface area contributed by atoms with Crippen LogP contribution in [-0.4, -0.2) is 75.4 Å². The number of carboxylic acid groups (broad SMARTS) is 1. The van der Waals surface area contributed by atoms with Crippen LogP contribution in [0.3, 0.4) is 0 Å². The Morgan fingerprint density at radius 2 is 1.16 bits per heavy atom. The van der Waals surface area contributed by atoms with Crippen LogP contribution in [0.25, 0.3) is 0 Å². The zero-order chi connectivity index (χ0) is 19.9. The van der Waals surface area contributed by atoms with Gasteiger partial charge in [-0.25, -0.2) is 4.79 Å². The van der Waals surface area contributed by atoms with Gasteiger partial charge in [0.05, 0.1) is 12.2 Å². The molecule has 0 spiro atoms. The summed E-state index contributed by atoms with van der Waals surface area (Å²) < 4.78 is 0. The molecular formula is C14H26N4O7. The summed E-state index contributed by atoms with van der Waals surface area (Å²) in [6.07, 6.45) is -2.43. The molecule has 0 aromatic heterocycles. The molecule has 0 aliphatic heterocycles. The molecule has 0 rings (SSSR count). The minimum absolute atomic E-state index is 0.710. The van der Waals surface area contributed by atoms with Crippen LogP contribution in [0.1, 0.15) is 27.7 Å². The van der Waals surface area contributed by atoms with Gasteiger partial charge in [-0.1, -0.05) is 0 Å². The SMILES string of the molecule is CC(NC(=O)C(C)NC(=O)C(N)C(C)O)C(=O)NC(C(=O)O)C(C)O. The fourth-order valence-corrected chi connectivity index (χ4v) is 1.67. The normalized spacial score (nSPS) is 18.0. The van der Waals surface area contributed by atoms with Gasteiger partial charge in [0.25, 0.3) is 0 Å². The lowest BCUT2D eigenvalue weighted by Gasteiger charge is -2.22. The standard InChI is InChI=1S/C14H26N4O7/c1-5(17-13(23)9(15)7(3)19)11(21)16-6(2)12(22)18-10(8(4)20)14(24)25/h5-10,19-20H,15H2,1-4H3,(H,16,21)(H,17,23)(H,18,22)(H,24,25). The maximum absolute atomic E-state index is 12.0. The lowest BCUT2D eigenvalue weighted by atomic mass is 10.1. The fourth-order valence-electron chi connectivity index (χ4n) is 1.67. The summed E-state index contributed by atoms with van der Waals surface area (Å²) in [5.41, 5.74) is 5.43. The van der Waals surface area contributed by atoms with Gasteiger partial charge in [0, 0.05) is 0 Å². The van der Waals surface area contributed by atoms with E-state index in [0.717, 1.165) is 0 Å². The zero-order valence-corrected chi connectivity index (χ0v) is 14.5. The van der Waals surface area contributed by atoms with E-state index in [-0.39, 0.29) is 0 Å². The number of carbonyl (C=O) groups excluding carboxylic acids is 3. The first kappa shape index (κ1) is 22.8. The van der Waals surface area contributed by atoms with Crippen LogP contribution in [0.15, 0.2) is 0 Å². The molecule has 144 valence electrons. The average molecular weight is 362 g/mol. The Hall–Kier alpha value is -2.24. The van der Waals surface area contributed by atoms with Gasteiger partial charge >= 0.3 is 5.97 Å². The van der Waals surface area contributed by atoms with E-state index >= 15 is 0 Å². The molecule has 0 saturated carbocycles. The van der Waals surface area contributed by atoms with Crippen LogP contribution in [-0.2, 0) is 19.2 Å². The Labute approximate surface area is 145 Å². The Morgan fingerprint density at radius 3 is 1.52 bits per heavy atom. The van der Waals surface area contributed by atoms with Crippen molar-refractivity contribution in [3.05, 3.63) is 0 Å². The van der Waals surface area contributed by atoms with Crippen molar-refractivity contribution >= 4 is 23.7 Å². The van der Waals surface area contributed by atoms with E-state index in [1.54, 1.807) is 0 Å². The van der Waals surface area contributed by atoms with E-state index in [1.165, 1.54) is 27.7 Å². The number of aliphatic hydroxyl groups excluding tert-OH is 2. The molecule has 25 heavy (non-hydrogen) atoms. The third kappa shape index (κ3) is 7.45. The van der Waals surface area contributed by atoms with Crippen molar-refractivity contribution in [1.29, 1.82) is 0 Å². The molecule has 0 fully saturated rings. The van der Waals surface area contributed by atoms with E-state index in [0.29, 0.717) is 0 Å². The molecule has 0 aliphatic carbocycles. The molecule has 6 unspecified atom stereocenters. The van der Waals surface area contributed by atoms with E-state index in [4.69, 9.17) is 10.8 Å². The number of hydrogen-bond donors (Lipinski definition) is 7. The van der Waals surface area contributed by atoms with Gasteiger partial charge in [0.1, 0.15) is 18.1 Å². The van der Waals surface area contributed by atoms with Gasteiger partial charge in [-0.3, -0.25) is 14.4 Å². The highest BCUT2D eigenvalue weighted by Gasteiger charge is 2.29. The number of carbonyl (C=O) groups is 4. The predicted octanol–water partition coefficient (Wildman–Crippen LogP) is -3.35. The highest BCUT2D eigenvalue weighted by Crippen LogP contribution is 1.96. The van der Waals surface area contributed by atoms with Gasteiger partial charge in [-0.05, 0) is 27.7 Å². The summed E-state index contributed by atoms with van der Waals surface area (Å²) in [5.74, 6) is -3.69. The highest BCUT2D eigenvalue weighted by atomic mass is 16.4. The Bertz CT molecular complexity index is 509. The van der Waals surface area contributed by atoms with Gasteiger partial charge in [-0.2, -0.15) is 0 Å². The van der Waals surface area contributed by atoms with Gasteiger partial charge < -0.3 is 37.0 Å². The van der Waals surface area contributed by atoms with Crippen molar-refractivity contribution < 1.29 is 34.5 Å². The number of rotatable bonds is 9. The third-order valence-corrected chi connectivity index (χ3v) is 3.37. The number of aliphatic carboxylic acids is 1. The number of nitrogens with two attached hydrogens (primary N) is 1. The van der Waals surface area contributed by atoms with Crippen molar-refractivity contribution in [1.82, 2.24) is 16.0 Å². The van der Waals surface area contributed by atoms with E-state index in [1.807, 2.05) is 0 Å². The van der Waals surface area contributed by atoms with Gasteiger partial charge in [0.15, 0.2) is 6.04 Å². The van der Waals surface area contributed by atoms with Crippen LogP contribution in [0.4, 0.5) is 0 Å². The topological polar surface area (TPSA) is 191 Å². The molecule has 11 heteroatoms. The van der Waals surface area contributed by atoms with Crippen molar-refractivity contribution in [3.8, 4) is 0 Å². The first-order valence-electron chi connectivity index (χ1n) is 7.64. The molecular weight excluding hydrogens is 336 g/mol. The maximum atomic E-state index is 12.0. The van der Waals surface area contributed by atoms with E-state index in [2.05, 4.69) is 16.0 Å². The van der Waals surface area contributed by atoms with Gasteiger partial charge in [-0.15, -0.1) is 0 Å². The highest BCUT2D eigenvalue weighted by molar-refractivity contribution is 5.93. The number of aliphatic hydroxyl groups is 2. The average Bonchev–Trinajstić information content (AvgIpc) is 2.50. The number of hydrogen-bond acceptors (Lipinski definition) is 7. The first-order chi connectivity index (χ1) is 11.4. The monoisotopic (exact) mass is 362 g/mol. The Kier molecular flexibility index (Phi) is 9.02. The molecule has 3 amide bonds. The van der Waals surface area contributed by atoms with Crippen molar-refractivity contribution in [2.24, 2.45) is 5.73 Å². The molecule has 0 bridgehead atoms. The molecule has 0 aromatic rings. The minimum Gasteiger partial charge on any atom is -0.480 e. The Balaban J connectivity index is 4.65. The number of amides is 3. The molecule has 0 radical (unpaired) electrons. The van der Waals surface area contributed by atoms with E-state index < -0.39 is 60.1 Å². The van der Waals surface area contributed by atoms with Crippen LogP contribution in [0.5, 0.6) is 0 Å².